The van der Waals surface area contributed by atoms with Crippen LogP contribution < -0.4 is 4.90 Å². The third-order valence-electron chi connectivity index (χ3n) is 5.48. The Balaban J connectivity index is 1.31. The van der Waals surface area contributed by atoms with E-state index < -0.39 is 11.7 Å². The molecular formula is C20H21F3N4O3. The zero-order valence-corrected chi connectivity index (χ0v) is 16.1. The van der Waals surface area contributed by atoms with Crippen molar-refractivity contribution in [3.05, 3.63) is 48.0 Å². The summed E-state index contributed by atoms with van der Waals surface area (Å²) >= 11 is 0. The predicted molar refractivity (Wildman–Crippen MR) is 100 cm³/mol. The van der Waals surface area contributed by atoms with Gasteiger partial charge in [-0.15, -0.1) is 0 Å². The Labute approximate surface area is 171 Å². The van der Waals surface area contributed by atoms with Crippen LogP contribution >= 0.6 is 0 Å². The highest BCUT2D eigenvalue weighted by Crippen LogP contribution is 2.29. The lowest BCUT2D eigenvalue weighted by molar-refractivity contribution is -0.138. The van der Waals surface area contributed by atoms with Gasteiger partial charge in [0, 0.05) is 45.3 Å². The average Bonchev–Trinajstić information content (AvgIpc) is 3.37. The Kier molecular flexibility index (Phi) is 5.40. The van der Waals surface area contributed by atoms with E-state index in [2.05, 4.69) is 4.98 Å². The van der Waals surface area contributed by atoms with Crippen LogP contribution in [0.3, 0.4) is 0 Å². The van der Waals surface area contributed by atoms with Crippen LogP contribution in [0, 0.1) is 5.92 Å². The number of halogens is 3. The second-order valence-corrected chi connectivity index (χ2v) is 7.47. The first-order valence-electron chi connectivity index (χ1n) is 9.68. The maximum absolute atomic E-state index is 12.9. The molecule has 2 aliphatic heterocycles. The fraction of sp³-hybridized carbons (Fsp3) is 0.450. The molecule has 0 bridgehead atoms. The minimum atomic E-state index is -4.42. The molecule has 2 fully saturated rings. The van der Waals surface area contributed by atoms with Crippen LogP contribution in [-0.2, 0) is 22.3 Å². The minimum absolute atomic E-state index is 0.0645. The molecule has 0 aromatic carbocycles. The zero-order valence-electron chi connectivity index (χ0n) is 16.1. The molecule has 2 aliphatic rings. The highest BCUT2D eigenvalue weighted by atomic mass is 19.4. The van der Waals surface area contributed by atoms with E-state index >= 15 is 0 Å². The number of piperazine rings is 1. The molecular weight excluding hydrogens is 401 g/mol. The number of carbonyl (C=O) groups is 2. The molecule has 0 spiro atoms. The quantitative estimate of drug-likeness (QED) is 0.757. The summed E-state index contributed by atoms with van der Waals surface area (Å²) in [7, 11) is 0. The fourth-order valence-electron chi connectivity index (χ4n) is 3.84. The molecule has 4 heterocycles. The minimum Gasteiger partial charge on any atom is -0.467 e. The Bertz CT molecular complexity index is 891. The molecule has 2 amide bonds. The summed E-state index contributed by atoms with van der Waals surface area (Å²) < 4.78 is 43.3. The summed E-state index contributed by atoms with van der Waals surface area (Å²) in [6.07, 6.45) is -1.87. The summed E-state index contributed by atoms with van der Waals surface area (Å²) in [6.45, 7) is 2.53. The molecule has 160 valence electrons. The summed E-state index contributed by atoms with van der Waals surface area (Å²) in [6, 6.07) is 5.90. The van der Waals surface area contributed by atoms with Gasteiger partial charge >= 0.3 is 6.18 Å². The smallest absolute Gasteiger partial charge is 0.417 e. The first kappa shape index (κ1) is 20.2. The van der Waals surface area contributed by atoms with Gasteiger partial charge in [-0.2, -0.15) is 13.2 Å². The number of pyridine rings is 1. The van der Waals surface area contributed by atoms with Gasteiger partial charge in [0.25, 0.3) is 0 Å². The molecule has 0 saturated carbocycles. The van der Waals surface area contributed by atoms with Gasteiger partial charge in [-0.25, -0.2) is 4.98 Å². The molecule has 0 aliphatic carbocycles. The van der Waals surface area contributed by atoms with E-state index in [1.165, 1.54) is 6.07 Å². The monoisotopic (exact) mass is 422 g/mol. The van der Waals surface area contributed by atoms with Crippen molar-refractivity contribution >= 4 is 17.6 Å². The van der Waals surface area contributed by atoms with Crippen LogP contribution in [-0.4, -0.2) is 59.3 Å². The number of anilines is 1. The highest BCUT2D eigenvalue weighted by molar-refractivity contribution is 5.89. The molecule has 2 aromatic rings. The lowest BCUT2D eigenvalue weighted by Gasteiger charge is -2.36. The molecule has 0 N–H and O–H groups in total. The van der Waals surface area contributed by atoms with Crippen molar-refractivity contribution in [3.8, 4) is 0 Å². The van der Waals surface area contributed by atoms with E-state index in [9.17, 15) is 22.8 Å². The third-order valence-corrected chi connectivity index (χ3v) is 5.48. The summed E-state index contributed by atoms with van der Waals surface area (Å²) in [4.78, 5) is 34.2. The molecule has 7 nitrogen and oxygen atoms in total. The first-order valence-corrected chi connectivity index (χ1v) is 9.68. The molecule has 2 aromatic heterocycles. The van der Waals surface area contributed by atoms with Crippen LogP contribution in [0.4, 0.5) is 19.0 Å². The number of hydrogen-bond acceptors (Lipinski definition) is 5. The second-order valence-electron chi connectivity index (χ2n) is 7.47. The number of furan rings is 1. The Morgan fingerprint density at radius 1 is 1.17 bits per heavy atom. The summed E-state index contributed by atoms with van der Waals surface area (Å²) in [5.74, 6) is 0.607. The van der Waals surface area contributed by atoms with Crippen molar-refractivity contribution in [2.45, 2.75) is 19.1 Å². The Morgan fingerprint density at radius 3 is 2.53 bits per heavy atom. The van der Waals surface area contributed by atoms with Gasteiger partial charge in [0.1, 0.15) is 11.6 Å². The topological polar surface area (TPSA) is 69.9 Å². The van der Waals surface area contributed by atoms with Gasteiger partial charge in [0.15, 0.2) is 0 Å². The first-order chi connectivity index (χ1) is 14.3. The maximum Gasteiger partial charge on any atom is 0.417 e. The van der Waals surface area contributed by atoms with Gasteiger partial charge in [-0.3, -0.25) is 9.59 Å². The highest BCUT2D eigenvalue weighted by Gasteiger charge is 2.37. The van der Waals surface area contributed by atoms with E-state index in [1.54, 1.807) is 28.2 Å². The number of rotatable bonds is 4. The molecule has 1 atom stereocenters. The molecule has 30 heavy (non-hydrogen) atoms. The molecule has 4 rings (SSSR count). The van der Waals surface area contributed by atoms with Crippen LogP contribution in [0.25, 0.3) is 0 Å². The number of alkyl halides is 3. The lowest BCUT2D eigenvalue weighted by atomic mass is 10.1. The van der Waals surface area contributed by atoms with E-state index in [4.69, 9.17) is 4.42 Å². The second kappa shape index (κ2) is 8.00. The van der Waals surface area contributed by atoms with E-state index in [-0.39, 0.29) is 24.2 Å². The number of nitrogens with zero attached hydrogens (tertiary/aromatic N) is 4. The normalized spacial score (nSPS) is 20.2. The average molecular weight is 422 g/mol. The molecule has 0 radical (unpaired) electrons. The van der Waals surface area contributed by atoms with E-state index in [1.807, 2.05) is 4.90 Å². The van der Waals surface area contributed by atoms with Crippen molar-refractivity contribution in [2.75, 3.05) is 37.6 Å². The van der Waals surface area contributed by atoms with Crippen molar-refractivity contribution in [1.82, 2.24) is 14.8 Å². The zero-order chi connectivity index (χ0) is 21.3. The van der Waals surface area contributed by atoms with Crippen molar-refractivity contribution in [3.63, 3.8) is 0 Å². The van der Waals surface area contributed by atoms with Crippen molar-refractivity contribution in [1.29, 1.82) is 0 Å². The Morgan fingerprint density at radius 2 is 1.93 bits per heavy atom. The summed E-state index contributed by atoms with van der Waals surface area (Å²) in [5.41, 5.74) is -0.787. The van der Waals surface area contributed by atoms with Crippen LogP contribution in [0.15, 0.2) is 41.1 Å². The van der Waals surface area contributed by atoms with Crippen molar-refractivity contribution in [2.24, 2.45) is 5.92 Å². The van der Waals surface area contributed by atoms with Crippen LogP contribution in [0.5, 0.6) is 0 Å². The predicted octanol–water partition coefficient (Wildman–Crippen LogP) is 2.39. The fourth-order valence-corrected chi connectivity index (χ4v) is 3.84. The molecule has 1 unspecified atom stereocenters. The Hall–Kier alpha value is -3.04. The van der Waals surface area contributed by atoms with Gasteiger partial charge < -0.3 is 19.1 Å². The number of likely N-dealkylation sites (tertiary alicyclic amines) is 1. The van der Waals surface area contributed by atoms with Crippen LogP contribution in [0.1, 0.15) is 17.7 Å². The molecule has 10 heteroatoms. The standard InChI is InChI=1S/C20H21F3N4O3/c21-20(22,23)15-3-4-17(24-11-15)25-5-7-26(8-6-25)19(29)14-10-18(28)27(12-14)13-16-2-1-9-30-16/h1-4,9,11,14H,5-8,10,12-13H2. The largest absolute Gasteiger partial charge is 0.467 e. The van der Waals surface area contributed by atoms with Gasteiger partial charge in [-0.05, 0) is 24.3 Å². The maximum atomic E-state index is 12.9. The van der Waals surface area contributed by atoms with Gasteiger partial charge in [-0.1, -0.05) is 0 Å². The van der Waals surface area contributed by atoms with Gasteiger partial charge in [0.05, 0.1) is 24.3 Å². The summed E-state index contributed by atoms with van der Waals surface area (Å²) in [5, 5.41) is 0. The van der Waals surface area contributed by atoms with E-state index in [0.29, 0.717) is 50.8 Å². The number of hydrogen-bond donors (Lipinski definition) is 0. The van der Waals surface area contributed by atoms with Gasteiger partial charge in [0.2, 0.25) is 11.8 Å². The van der Waals surface area contributed by atoms with Crippen molar-refractivity contribution < 1.29 is 27.2 Å². The third kappa shape index (κ3) is 4.27. The van der Waals surface area contributed by atoms with Crippen LogP contribution in [0.2, 0.25) is 0 Å². The number of carbonyl (C=O) groups excluding carboxylic acids is 2. The SMILES string of the molecule is O=C1CC(C(=O)N2CCN(c3ccc(C(F)(F)F)cn3)CC2)CN1Cc1ccco1. The lowest BCUT2D eigenvalue weighted by Crippen LogP contribution is -2.51. The van der Waals surface area contributed by atoms with E-state index in [0.717, 1.165) is 12.3 Å². The number of amides is 2. The number of aromatic nitrogens is 1. The molecule has 2 saturated heterocycles.